The highest BCUT2D eigenvalue weighted by molar-refractivity contribution is 7.10. The van der Waals surface area contributed by atoms with E-state index >= 15 is 0 Å². The van der Waals surface area contributed by atoms with Gasteiger partial charge >= 0.3 is 0 Å². The van der Waals surface area contributed by atoms with Crippen LogP contribution in [0.25, 0.3) is 11.0 Å². The molecule has 0 aliphatic carbocycles. The zero-order chi connectivity index (χ0) is 12.5. The monoisotopic (exact) mass is 279 g/mol. The molecule has 3 heterocycles. The third-order valence-corrected chi connectivity index (χ3v) is 3.86. The summed E-state index contributed by atoms with van der Waals surface area (Å²) in [6.45, 7) is 2.81. The molecule has 92 valence electrons. The molecule has 0 fully saturated rings. The molecule has 0 aromatic carbocycles. The third-order valence-electron chi connectivity index (χ3n) is 2.67. The number of rotatable bonds is 3. The Morgan fingerprint density at radius 1 is 1.44 bits per heavy atom. The van der Waals surface area contributed by atoms with E-state index in [-0.39, 0.29) is 5.28 Å². The molecule has 18 heavy (non-hydrogen) atoms. The maximum atomic E-state index is 5.87. The zero-order valence-electron chi connectivity index (χ0n) is 9.57. The van der Waals surface area contributed by atoms with Crippen molar-refractivity contribution < 1.29 is 0 Å². The van der Waals surface area contributed by atoms with Crippen LogP contribution in [0, 0.1) is 6.92 Å². The molecule has 0 unspecified atom stereocenters. The Morgan fingerprint density at radius 2 is 2.33 bits per heavy atom. The summed E-state index contributed by atoms with van der Waals surface area (Å²) in [4.78, 5) is 9.53. The maximum Gasteiger partial charge on any atom is 0.226 e. The van der Waals surface area contributed by atoms with E-state index in [4.69, 9.17) is 11.6 Å². The van der Waals surface area contributed by atoms with Gasteiger partial charge in [0.1, 0.15) is 5.82 Å². The van der Waals surface area contributed by atoms with Gasteiger partial charge in [-0.1, -0.05) is 0 Å². The fourth-order valence-corrected chi connectivity index (χ4v) is 2.71. The molecule has 0 bridgehead atoms. The number of hydrogen-bond acceptors (Lipinski definition) is 5. The highest BCUT2D eigenvalue weighted by Crippen LogP contribution is 2.22. The predicted octanol–water partition coefficient (Wildman–Crippen LogP) is 2.99. The average molecular weight is 280 g/mol. The second kappa shape index (κ2) is 4.55. The summed E-state index contributed by atoms with van der Waals surface area (Å²) in [5.74, 6) is 0.701. The van der Waals surface area contributed by atoms with Crippen LogP contribution >= 0.6 is 22.9 Å². The summed E-state index contributed by atoms with van der Waals surface area (Å²) in [5, 5.41) is 13.1. The molecule has 0 saturated heterocycles. The summed E-state index contributed by atoms with van der Waals surface area (Å²) in [7, 11) is 0. The van der Waals surface area contributed by atoms with Crippen LogP contribution in [0.5, 0.6) is 0 Å². The first-order valence-electron chi connectivity index (χ1n) is 5.37. The maximum absolute atomic E-state index is 5.87. The van der Waals surface area contributed by atoms with E-state index < -0.39 is 0 Å². The number of aromatic nitrogens is 4. The van der Waals surface area contributed by atoms with Gasteiger partial charge in [-0.15, -0.1) is 11.3 Å². The van der Waals surface area contributed by atoms with Crippen LogP contribution in [-0.4, -0.2) is 20.2 Å². The Labute approximate surface area is 112 Å². The van der Waals surface area contributed by atoms with Crippen molar-refractivity contribution in [2.24, 2.45) is 0 Å². The van der Waals surface area contributed by atoms with Gasteiger partial charge in [0.25, 0.3) is 0 Å². The van der Waals surface area contributed by atoms with E-state index in [9.17, 15) is 0 Å². The van der Waals surface area contributed by atoms with Crippen molar-refractivity contribution in [2.75, 3.05) is 5.32 Å². The molecule has 0 saturated carbocycles. The van der Waals surface area contributed by atoms with Gasteiger partial charge in [-0.05, 0) is 35.5 Å². The van der Waals surface area contributed by atoms with Gasteiger partial charge in [0.2, 0.25) is 5.28 Å². The molecule has 0 aliphatic rings. The average Bonchev–Trinajstić information content (AvgIpc) is 2.94. The minimum atomic E-state index is 0.206. The summed E-state index contributed by atoms with van der Waals surface area (Å²) < 4.78 is 0. The van der Waals surface area contributed by atoms with Crippen LogP contribution in [0.4, 0.5) is 5.82 Å². The number of aromatic amines is 1. The van der Waals surface area contributed by atoms with Crippen molar-refractivity contribution in [3.05, 3.63) is 33.4 Å². The van der Waals surface area contributed by atoms with Crippen molar-refractivity contribution in [2.45, 2.75) is 13.5 Å². The van der Waals surface area contributed by atoms with Crippen LogP contribution in [0.2, 0.25) is 5.28 Å². The van der Waals surface area contributed by atoms with Gasteiger partial charge in [0.05, 0.1) is 18.1 Å². The molecule has 0 aliphatic heterocycles. The van der Waals surface area contributed by atoms with Crippen molar-refractivity contribution >= 4 is 39.8 Å². The molecular weight excluding hydrogens is 270 g/mol. The highest BCUT2D eigenvalue weighted by Gasteiger charge is 2.08. The van der Waals surface area contributed by atoms with Gasteiger partial charge in [-0.3, -0.25) is 5.10 Å². The van der Waals surface area contributed by atoms with Crippen LogP contribution in [0.15, 0.2) is 17.6 Å². The van der Waals surface area contributed by atoms with Crippen molar-refractivity contribution in [1.82, 2.24) is 20.2 Å². The third kappa shape index (κ3) is 2.04. The number of nitrogens with one attached hydrogen (secondary N) is 2. The highest BCUT2D eigenvalue weighted by atomic mass is 35.5. The fraction of sp³-hybridized carbons (Fsp3) is 0.182. The number of anilines is 1. The van der Waals surface area contributed by atoms with Gasteiger partial charge in [0, 0.05) is 4.88 Å². The van der Waals surface area contributed by atoms with E-state index in [2.05, 4.69) is 43.9 Å². The first-order chi connectivity index (χ1) is 8.74. The SMILES string of the molecule is Cc1ccsc1CNc1nc(Cl)nc2[nH]ncc12. The number of nitrogens with zero attached hydrogens (tertiary/aromatic N) is 3. The summed E-state index contributed by atoms with van der Waals surface area (Å²) in [6.07, 6.45) is 1.69. The molecule has 5 nitrogen and oxygen atoms in total. The lowest BCUT2D eigenvalue weighted by Gasteiger charge is -2.06. The molecule has 0 spiro atoms. The lowest BCUT2D eigenvalue weighted by molar-refractivity contribution is 1.08. The largest absolute Gasteiger partial charge is 0.364 e. The van der Waals surface area contributed by atoms with Crippen LogP contribution in [0.1, 0.15) is 10.4 Å². The molecule has 0 radical (unpaired) electrons. The normalized spacial score (nSPS) is 11.0. The van der Waals surface area contributed by atoms with E-state index in [1.54, 1.807) is 17.5 Å². The van der Waals surface area contributed by atoms with E-state index in [0.29, 0.717) is 11.5 Å². The summed E-state index contributed by atoms with van der Waals surface area (Å²) >= 11 is 7.58. The van der Waals surface area contributed by atoms with Gasteiger partial charge in [-0.25, -0.2) is 0 Å². The molecule has 3 aromatic rings. The standard InChI is InChI=1S/C11H10ClN5S/c1-6-2-3-18-8(6)5-13-9-7-4-14-17-10(7)16-11(12)15-9/h2-4H,5H2,1H3,(H2,13,14,15,16,17). The van der Waals surface area contributed by atoms with Gasteiger partial charge in [0.15, 0.2) is 5.65 Å². The van der Waals surface area contributed by atoms with E-state index in [1.807, 2.05) is 0 Å². The second-order valence-electron chi connectivity index (χ2n) is 3.85. The van der Waals surface area contributed by atoms with Gasteiger partial charge in [-0.2, -0.15) is 15.1 Å². The fourth-order valence-electron chi connectivity index (χ4n) is 1.69. The Kier molecular flexibility index (Phi) is 2.89. The number of aryl methyl sites for hydroxylation is 1. The summed E-state index contributed by atoms with van der Waals surface area (Å²) in [6, 6.07) is 2.10. The molecular formula is C11H10ClN5S. The molecule has 3 aromatic heterocycles. The molecule has 3 rings (SSSR count). The van der Waals surface area contributed by atoms with Crippen molar-refractivity contribution in [3.8, 4) is 0 Å². The number of thiophene rings is 1. The minimum Gasteiger partial charge on any atom is -0.364 e. The first-order valence-corrected chi connectivity index (χ1v) is 6.63. The summed E-state index contributed by atoms with van der Waals surface area (Å²) in [5.41, 5.74) is 1.91. The zero-order valence-corrected chi connectivity index (χ0v) is 11.1. The Morgan fingerprint density at radius 3 is 3.11 bits per heavy atom. The number of hydrogen-bond donors (Lipinski definition) is 2. The number of halogens is 1. The Balaban J connectivity index is 1.90. The number of H-pyrrole nitrogens is 1. The Bertz CT molecular complexity index is 690. The number of fused-ring (bicyclic) bond motifs is 1. The Hall–Kier alpha value is -1.66. The molecule has 2 N–H and O–H groups in total. The lowest BCUT2D eigenvalue weighted by atomic mass is 10.3. The van der Waals surface area contributed by atoms with Crippen LogP contribution in [0.3, 0.4) is 0 Å². The second-order valence-corrected chi connectivity index (χ2v) is 5.19. The molecule has 7 heteroatoms. The molecule has 0 amide bonds. The lowest BCUT2D eigenvalue weighted by Crippen LogP contribution is -2.02. The van der Waals surface area contributed by atoms with Crippen LogP contribution < -0.4 is 5.32 Å². The topological polar surface area (TPSA) is 66.5 Å². The smallest absolute Gasteiger partial charge is 0.226 e. The predicted molar refractivity (Wildman–Crippen MR) is 73.1 cm³/mol. The van der Waals surface area contributed by atoms with Crippen molar-refractivity contribution in [3.63, 3.8) is 0 Å². The first kappa shape index (κ1) is 11.4. The van der Waals surface area contributed by atoms with Gasteiger partial charge < -0.3 is 5.32 Å². The molecule has 0 atom stereocenters. The minimum absolute atomic E-state index is 0.206. The van der Waals surface area contributed by atoms with Crippen molar-refractivity contribution in [1.29, 1.82) is 0 Å². The van der Waals surface area contributed by atoms with Crippen LogP contribution in [-0.2, 0) is 6.54 Å². The van der Waals surface area contributed by atoms with E-state index in [0.717, 1.165) is 11.9 Å². The quantitative estimate of drug-likeness (QED) is 0.723. The van der Waals surface area contributed by atoms with E-state index in [1.165, 1.54) is 10.4 Å².